The summed E-state index contributed by atoms with van der Waals surface area (Å²) in [7, 11) is 1.66. The molecule has 0 atom stereocenters. The fraction of sp³-hybridized carbons (Fsp3) is 0.400. The minimum atomic E-state index is 0.916. The molecule has 1 aromatic heterocycles. The van der Waals surface area contributed by atoms with Crippen LogP contribution < -0.4 is 4.74 Å². The summed E-state index contributed by atoms with van der Waals surface area (Å²) in [5.74, 6) is 0. The minimum absolute atomic E-state index is 0.916. The molecule has 1 aromatic rings. The SMILES string of the molecule is COc1sc(I)nc1C. The maximum absolute atomic E-state index is 5.02. The van der Waals surface area contributed by atoms with E-state index in [0.29, 0.717) is 0 Å². The first-order valence-corrected chi connectivity index (χ1v) is 4.30. The highest BCUT2D eigenvalue weighted by Crippen LogP contribution is 2.26. The molecule has 0 radical (unpaired) electrons. The third-order valence-corrected chi connectivity index (χ3v) is 2.72. The van der Waals surface area contributed by atoms with E-state index >= 15 is 0 Å². The second-order valence-corrected chi connectivity index (χ2v) is 4.26. The van der Waals surface area contributed by atoms with Gasteiger partial charge in [0.1, 0.15) is 0 Å². The lowest BCUT2D eigenvalue weighted by Gasteiger charge is -1.90. The lowest BCUT2D eigenvalue weighted by Crippen LogP contribution is -1.80. The second-order valence-electron chi connectivity index (χ2n) is 1.54. The number of rotatable bonds is 1. The molecule has 0 saturated heterocycles. The van der Waals surface area contributed by atoms with Gasteiger partial charge in [0.05, 0.1) is 12.8 Å². The second kappa shape index (κ2) is 2.83. The number of hydrogen-bond acceptors (Lipinski definition) is 3. The molecular formula is C5H6INOS. The van der Waals surface area contributed by atoms with Gasteiger partial charge in [0, 0.05) is 0 Å². The summed E-state index contributed by atoms with van der Waals surface area (Å²) in [6, 6.07) is 0. The first kappa shape index (κ1) is 7.27. The average molecular weight is 255 g/mol. The van der Waals surface area contributed by atoms with Crippen LogP contribution in [0.5, 0.6) is 5.06 Å². The number of methoxy groups -OCH3 is 1. The van der Waals surface area contributed by atoms with Gasteiger partial charge >= 0.3 is 0 Å². The van der Waals surface area contributed by atoms with Crippen molar-refractivity contribution in [2.45, 2.75) is 6.92 Å². The van der Waals surface area contributed by atoms with Crippen molar-refractivity contribution in [3.05, 3.63) is 8.71 Å². The van der Waals surface area contributed by atoms with Crippen LogP contribution in [0.3, 0.4) is 0 Å². The zero-order valence-corrected chi connectivity index (χ0v) is 8.12. The zero-order chi connectivity index (χ0) is 6.85. The third kappa shape index (κ3) is 1.54. The van der Waals surface area contributed by atoms with Gasteiger partial charge in [-0.1, -0.05) is 11.3 Å². The maximum Gasteiger partial charge on any atom is 0.197 e. The quantitative estimate of drug-likeness (QED) is 0.716. The Kier molecular flexibility index (Phi) is 2.29. The molecule has 0 N–H and O–H groups in total. The number of aromatic nitrogens is 1. The minimum Gasteiger partial charge on any atom is -0.486 e. The van der Waals surface area contributed by atoms with Gasteiger partial charge in [-0.05, 0) is 29.5 Å². The van der Waals surface area contributed by atoms with E-state index in [9.17, 15) is 0 Å². The van der Waals surface area contributed by atoms with Gasteiger partial charge in [0.2, 0.25) is 0 Å². The van der Waals surface area contributed by atoms with E-state index in [2.05, 4.69) is 27.6 Å². The number of hydrogen-bond donors (Lipinski definition) is 0. The first-order chi connectivity index (χ1) is 4.24. The van der Waals surface area contributed by atoms with Gasteiger partial charge in [-0.15, -0.1) is 0 Å². The molecule has 9 heavy (non-hydrogen) atoms. The highest BCUT2D eigenvalue weighted by Gasteiger charge is 2.02. The topological polar surface area (TPSA) is 22.1 Å². The molecule has 50 valence electrons. The van der Waals surface area contributed by atoms with Crippen LogP contribution >= 0.6 is 33.9 Å². The number of ether oxygens (including phenoxy) is 1. The number of halogens is 1. The van der Waals surface area contributed by atoms with E-state index in [4.69, 9.17) is 4.74 Å². The van der Waals surface area contributed by atoms with Crippen molar-refractivity contribution in [1.82, 2.24) is 4.98 Å². The fourth-order valence-corrected chi connectivity index (χ4v) is 2.11. The molecule has 2 nitrogen and oxygen atoms in total. The van der Waals surface area contributed by atoms with Gasteiger partial charge < -0.3 is 4.74 Å². The highest BCUT2D eigenvalue weighted by atomic mass is 127. The van der Waals surface area contributed by atoms with Crippen molar-refractivity contribution in [3.63, 3.8) is 0 Å². The molecule has 0 aromatic carbocycles. The van der Waals surface area contributed by atoms with Crippen LogP contribution in [0.2, 0.25) is 0 Å². The maximum atomic E-state index is 5.02. The van der Waals surface area contributed by atoms with E-state index < -0.39 is 0 Å². The normalized spacial score (nSPS) is 9.67. The van der Waals surface area contributed by atoms with Crippen molar-refractivity contribution in [1.29, 1.82) is 0 Å². The predicted molar refractivity (Wildman–Crippen MR) is 46.1 cm³/mol. The van der Waals surface area contributed by atoms with Gasteiger partial charge in [0.25, 0.3) is 0 Å². The van der Waals surface area contributed by atoms with Crippen LogP contribution in [-0.4, -0.2) is 12.1 Å². The van der Waals surface area contributed by atoms with Crippen LogP contribution in [0.4, 0.5) is 0 Å². The Labute approximate surface area is 71.4 Å². The largest absolute Gasteiger partial charge is 0.486 e. The smallest absolute Gasteiger partial charge is 0.197 e. The van der Waals surface area contributed by atoms with E-state index in [1.54, 1.807) is 18.4 Å². The number of aryl methyl sites for hydroxylation is 1. The van der Waals surface area contributed by atoms with Gasteiger partial charge in [-0.3, -0.25) is 0 Å². The molecule has 1 heterocycles. The summed E-state index contributed by atoms with van der Waals surface area (Å²) in [5, 5.41) is 0.916. The van der Waals surface area contributed by atoms with Crippen molar-refractivity contribution >= 4 is 33.9 Å². The van der Waals surface area contributed by atoms with Gasteiger partial charge in [0.15, 0.2) is 8.08 Å². The van der Waals surface area contributed by atoms with E-state index in [1.165, 1.54) is 0 Å². The molecule has 0 amide bonds. The number of nitrogens with zero attached hydrogens (tertiary/aromatic N) is 1. The van der Waals surface area contributed by atoms with E-state index in [-0.39, 0.29) is 0 Å². The Hall–Kier alpha value is 0.160. The Balaban J connectivity index is 3.01. The van der Waals surface area contributed by atoms with Crippen molar-refractivity contribution in [2.75, 3.05) is 7.11 Å². The van der Waals surface area contributed by atoms with E-state index in [0.717, 1.165) is 13.8 Å². The zero-order valence-electron chi connectivity index (χ0n) is 5.14. The summed E-state index contributed by atoms with van der Waals surface area (Å²) in [5.41, 5.74) is 0.979. The van der Waals surface area contributed by atoms with Crippen LogP contribution in [-0.2, 0) is 0 Å². The molecule has 1 rings (SSSR count). The van der Waals surface area contributed by atoms with E-state index in [1.807, 2.05) is 6.92 Å². The molecule has 0 aliphatic heterocycles. The first-order valence-electron chi connectivity index (χ1n) is 2.41. The Morgan fingerprint density at radius 2 is 2.33 bits per heavy atom. The van der Waals surface area contributed by atoms with Crippen molar-refractivity contribution in [3.8, 4) is 5.06 Å². The molecule has 0 fully saturated rings. The van der Waals surface area contributed by atoms with Gasteiger partial charge in [-0.2, -0.15) is 0 Å². The highest BCUT2D eigenvalue weighted by molar-refractivity contribution is 14.1. The van der Waals surface area contributed by atoms with Crippen LogP contribution in [0.1, 0.15) is 5.69 Å². The molecule has 0 saturated carbocycles. The molecule has 4 heteroatoms. The van der Waals surface area contributed by atoms with Crippen LogP contribution in [0, 0.1) is 9.94 Å². The fourth-order valence-electron chi connectivity index (χ4n) is 0.540. The summed E-state index contributed by atoms with van der Waals surface area (Å²) in [4.78, 5) is 4.16. The average Bonchev–Trinajstić information content (AvgIpc) is 2.10. The summed E-state index contributed by atoms with van der Waals surface area (Å²) in [6.45, 7) is 1.94. The van der Waals surface area contributed by atoms with Crippen molar-refractivity contribution in [2.24, 2.45) is 0 Å². The molecule has 0 aliphatic rings. The third-order valence-electron chi connectivity index (χ3n) is 0.913. The molecule has 0 unspecified atom stereocenters. The van der Waals surface area contributed by atoms with Crippen LogP contribution in [0.15, 0.2) is 0 Å². The monoisotopic (exact) mass is 255 g/mol. The lowest BCUT2D eigenvalue weighted by atomic mass is 10.6. The Bertz CT molecular complexity index is 211. The lowest BCUT2D eigenvalue weighted by molar-refractivity contribution is 0.423. The van der Waals surface area contributed by atoms with Gasteiger partial charge in [-0.25, -0.2) is 4.98 Å². The molecule has 0 bridgehead atoms. The molecule has 0 aliphatic carbocycles. The Morgan fingerprint density at radius 3 is 2.56 bits per heavy atom. The summed E-state index contributed by atoms with van der Waals surface area (Å²) in [6.07, 6.45) is 0. The molecular weight excluding hydrogens is 249 g/mol. The standard InChI is InChI=1S/C5H6INOS/c1-3-4(8-2)9-5(6)7-3/h1-2H3. The number of thiazole rings is 1. The Morgan fingerprint density at radius 1 is 1.67 bits per heavy atom. The summed E-state index contributed by atoms with van der Waals surface area (Å²) < 4.78 is 6.05. The predicted octanol–water partition coefficient (Wildman–Crippen LogP) is 2.06. The van der Waals surface area contributed by atoms with Crippen LogP contribution in [0.25, 0.3) is 0 Å². The molecule has 0 spiro atoms. The summed E-state index contributed by atoms with van der Waals surface area (Å²) >= 11 is 3.74. The van der Waals surface area contributed by atoms with Crippen molar-refractivity contribution < 1.29 is 4.74 Å².